The third-order valence-electron chi connectivity index (χ3n) is 3.10. The molecule has 2 aromatic rings. The van der Waals surface area contributed by atoms with Gasteiger partial charge in [0.2, 0.25) is 0 Å². The largest absolute Gasteiger partial charge is 0.313 e. The average Bonchev–Trinajstić information content (AvgIpc) is 2.44. The molecule has 0 radical (unpaired) electrons. The lowest BCUT2D eigenvalue weighted by Gasteiger charge is -2.14. The van der Waals surface area contributed by atoms with Gasteiger partial charge in [-0.1, -0.05) is 43.0 Å². The Hall–Kier alpha value is -0.770. The second-order valence-corrected chi connectivity index (χ2v) is 6.32. The van der Waals surface area contributed by atoms with Gasteiger partial charge in [0, 0.05) is 20.3 Å². The molecule has 1 atom stereocenters. The number of hydrogen-bond donors (Lipinski definition) is 1. The first-order valence-corrected chi connectivity index (χ1v) is 8.05. The van der Waals surface area contributed by atoms with E-state index in [9.17, 15) is 0 Å². The Balaban J connectivity index is 2.13. The molecular formula is C16H18BrNS. The van der Waals surface area contributed by atoms with Crippen LogP contribution in [0, 0.1) is 0 Å². The van der Waals surface area contributed by atoms with Gasteiger partial charge in [-0.05, 0) is 59.2 Å². The SMILES string of the molecule is CCC(NC)c1ccc(Sc2ccccc2Br)cc1. The van der Waals surface area contributed by atoms with Crippen molar-refractivity contribution in [1.29, 1.82) is 0 Å². The molecule has 2 aromatic carbocycles. The van der Waals surface area contributed by atoms with Crippen molar-refractivity contribution < 1.29 is 0 Å². The second-order valence-electron chi connectivity index (χ2n) is 4.35. The molecule has 0 aliphatic rings. The van der Waals surface area contributed by atoms with Gasteiger partial charge in [0.15, 0.2) is 0 Å². The van der Waals surface area contributed by atoms with E-state index in [-0.39, 0.29) is 0 Å². The normalized spacial score (nSPS) is 12.4. The van der Waals surface area contributed by atoms with Crippen molar-refractivity contribution in [3.63, 3.8) is 0 Å². The Morgan fingerprint density at radius 1 is 1.11 bits per heavy atom. The maximum atomic E-state index is 3.58. The van der Waals surface area contributed by atoms with Crippen molar-refractivity contribution in [3.05, 3.63) is 58.6 Å². The molecule has 0 spiro atoms. The van der Waals surface area contributed by atoms with Crippen molar-refractivity contribution in [2.24, 2.45) is 0 Å². The van der Waals surface area contributed by atoms with Crippen LogP contribution in [0.4, 0.5) is 0 Å². The molecule has 0 saturated heterocycles. The molecule has 0 aliphatic carbocycles. The van der Waals surface area contributed by atoms with E-state index < -0.39 is 0 Å². The van der Waals surface area contributed by atoms with Crippen molar-refractivity contribution >= 4 is 27.7 Å². The van der Waals surface area contributed by atoms with Crippen LogP contribution in [0.15, 0.2) is 62.8 Å². The third kappa shape index (κ3) is 3.85. The molecule has 0 fully saturated rings. The molecule has 1 unspecified atom stereocenters. The Kier molecular flexibility index (Phi) is 5.49. The van der Waals surface area contributed by atoms with Crippen LogP contribution in [0.3, 0.4) is 0 Å². The van der Waals surface area contributed by atoms with Gasteiger partial charge >= 0.3 is 0 Å². The molecular weight excluding hydrogens is 318 g/mol. The highest BCUT2D eigenvalue weighted by molar-refractivity contribution is 9.10. The predicted molar refractivity (Wildman–Crippen MR) is 86.8 cm³/mol. The summed E-state index contributed by atoms with van der Waals surface area (Å²) in [5, 5.41) is 3.33. The van der Waals surface area contributed by atoms with Crippen molar-refractivity contribution in [2.45, 2.75) is 29.2 Å². The minimum atomic E-state index is 0.447. The topological polar surface area (TPSA) is 12.0 Å². The Bertz CT molecular complexity index is 521. The molecule has 1 N–H and O–H groups in total. The van der Waals surface area contributed by atoms with Gasteiger partial charge in [-0.2, -0.15) is 0 Å². The molecule has 3 heteroatoms. The van der Waals surface area contributed by atoms with E-state index in [2.05, 4.69) is 70.6 Å². The first-order valence-electron chi connectivity index (χ1n) is 6.44. The highest BCUT2D eigenvalue weighted by Gasteiger charge is 2.07. The first kappa shape index (κ1) is 14.6. The summed E-state index contributed by atoms with van der Waals surface area (Å²) in [4.78, 5) is 2.51. The molecule has 1 nitrogen and oxygen atoms in total. The summed E-state index contributed by atoms with van der Waals surface area (Å²) < 4.78 is 1.14. The Labute approximate surface area is 127 Å². The van der Waals surface area contributed by atoms with Gasteiger partial charge in [-0.3, -0.25) is 0 Å². The van der Waals surface area contributed by atoms with Crippen LogP contribution < -0.4 is 5.32 Å². The van der Waals surface area contributed by atoms with Gasteiger partial charge in [0.25, 0.3) is 0 Å². The average molecular weight is 336 g/mol. The Morgan fingerprint density at radius 3 is 2.37 bits per heavy atom. The summed E-state index contributed by atoms with van der Waals surface area (Å²) >= 11 is 5.37. The lowest BCUT2D eigenvalue weighted by Crippen LogP contribution is -2.14. The van der Waals surface area contributed by atoms with Crippen molar-refractivity contribution in [3.8, 4) is 0 Å². The smallest absolute Gasteiger partial charge is 0.0314 e. The predicted octanol–water partition coefficient (Wildman–Crippen LogP) is 5.27. The fourth-order valence-corrected chi connectivity index (χ4v) is 3.39. The van der Waals surface area contributed by atoms with E-state index in [1.54, 1.807) is 11.8 Å². The van der Waals surface area contributed by atoms with E-state index in [0.29, 0.717) is 6.04 Å². The molecule has 100 valence electrons. The van der Waals surface area contributed by atoms with Crippen LogP contribution in [0.2, 0.25) is 0 Å². The summed E-state index contributed by atoms with van der Waals surface area (Å²) in [6, 6.07) is 17.6. The molecule has 0 heterocycles. The van der Waals surface area contributed by atoms with Gasteiger partial charge in [0.05, 0.1) is 0 Å². The number of halogens is 1. The summed E-state index contributed by atoms with van der Waals surface area (Å²) in [6.45, 7) is 2.20. The zero-order chi connectivity index (χ0) is 13.7. The molecule has 0 amide bonds. The summed E-state index contributed by atoms with van der Waals surface area (Å²) in [5.74, 6) is 0. The number of hydrogen-bond acceptors (Lipinski definition) is 2. The zero-order valence-corrected chi connectivity index (χ0v) is 13.6. The second kappa shape index (κ2) is 7.13. The lowest BCUT2D eigenvalue weighted by atomic mass is 10.1. The van der Waals surface area contributed by atoms with E-state index in [1.165, 1.54) is 15.4 Å². The van der Waals surface area contributed by atoms with E-state index in [1.807, 2.05) is 13.1 Å². The van der Waals surface area contributed by atoms with Gasteiger partial charge in [-0.25, -0.2) is 0 Å². The molecule has 0 bridgehead atoms. The number of rotatable bonds is 5. The van der Waals surface area contributed by atoms with Crippen LogP contribution in [0.1, 0.15) is 24.9 Å². The fraction of sp³-hybridized carbons (Fsp3) is 0.250. The first-order chi connectivity index (χ1) is 9.24. The molecule has 0 saturated carbocycles. The third-order valence-corrected chi connectivity index (χ3v) is 5.14. The highest BCUT2D eigenvalue weighted by Crippen LogP contribution is 2.33. The van der Waals surface area contributed by atoms with Crippen molar-refractivity contribution in [2.75, 3.05) is 7.05 Å². The van der Waals surface area contributed by atoms with E-state index >= 15 is 0 Å². The van der Waals surface area contributed by atoms with Crippen molar-refractivity contribution in [1.82, 2.24) is 5.32 Å². The quantitative estimate of drug-likeness (QED) is 0.798. The van der Waals surface area contributed by atoms with Gasteiger partial charge in [0.1, 0.15) is 0 Å². The molecule has 0 aromatic heterocycles. The van der Waals surface area contributed by atoms with Crippen LogP contribution in [0.25, 0.3) is 0 Å². The maximum Gasteiger partial charge on any atom is 0.0314 e. The minimum Gasteiger partial charge on any atom is -0.313 e. The lowest BCUT2D eigenvalue weighted by molar-refractivity contribution is 0.576. The van der Waals surface area contributed by atoms with E-state index in [4.69, 9.17) is 0 Å². The minimum absolute atomic E-state index is 0.447. The van der Waals surface area contributed by atoms with E-state index in [0.717, 1.165) is 10.9 Å². The summed E-state index contributed by atoms with van der Waals surface area (Å²) in [7, 11) is 2.01. The standard InChI is InChI=1S/C16H18BrNS/c1-3-15(18-2)12-8-10-13(11-9-12)19-16-7-5-4-6-14(16)17/h4-11,15,18H,3H2,1-2H3. The van der Waals surface area contributed by atoms with Crippen LogP contribution in [-0.4, -0.2) is 7.05 Å². The summed E-state index contributed by atoms with van der Waals surface area (Å²) in [6.07, 6.45) is 1.10. The summed E-state index contributed by atoms with van der Waals surface area (Å²) in [5.41, 5.74) is 1.35. The number of nitrogens with one attached hydrogen (secondary N) is 1. The molecule has 19 heavy (non-hydrogen) atoms. The highest BCUT2D eigenvalue weighted by atomic mass is 79.9. The van der Waals surface area contributed by atoms with Gasteiger partial charge in [-0.15, -0.1) is 0 Å². The van der Waals surface area contributed by atoms with Crippen LogP contribution in [0.5, 0.6) is 0 Å². The van der Waals surface area contributed by atoms with Crippen LogP contribution in [-0.2, 0) is 0 Å². The fourth-order valence-electron chi connectivity index (χ4n) is 2.03. The maximum absolute atomic E-state index is 3.58. The molecule has 2 rings (SSSR count). The van der Waals surface area contributed by atoms with Gasteiger partial charge < -0.3 is 5.32 Å². The van der Waals surface area contributed by atoms with Crippen LogP contribution >= 0.6 is 27.7 Å². The number of benzene rings is 2. The Morgan fingerprint density at radius 2 is 1.79 bits per heavy atom. The zero-order valence-electron chi connectivity index (χ0n) is 11.2. The molecule has 0 aliphatic heterocycles. The monoisotopic (exact) mass is 335 g/mol.